The Hall–Kier alpha value is -2.17. The number of nitrogens with one attached hydrogen (secondary N) is 1. The van der Waals surface area contributed by atoms with Crippen LogP contribution in [0.3, 0.4) is 0 Å². The first-order valence-electron chi connectivity index (χ1n) is 4.99. The molecular weight excluding hydrogens is 223 g/mol. The molecule has 1 atom stereocenters. The van der Waals surface area contributed by atoms with Crippen LogP contribution in [0.2, 0.25) is 0 Å². The van der Waals surface area contributed by atoms with Crippen LogP contribution >= 0.6 is 0 Å². The van der Waals surface area contributed by atoms with Crippen molar-refractivity contribution in [2.75, 3.05) is 5.32 Å². The van der Waals surface area contributed by atoms with Gasteiger partial charge in [-0.1, -0.05) is 18.7 Å². The maximum Gasteiger partial charge on any atom is 0.293 e. The fourth-order valence-electron chi connectivity index (χ4n) is 1.37. The maximum absolute atomic E-state index is 13.5. The average Bonchev–Trinajstić information content (AvgIpc) is 2.28. The Bertz CT molecular complexity index is 472. The van der Waals surface area contributed by atoms with E-state index in [4.69, 9.17) is 0 Å². The van der Waals surface area contributed by atoms with Crippen LogP contribution in [0, 0.1) is 15.9 Å². The molecule has 17 heavy (non-hydrogen) atoms. The lowest BCUT2D eigenvalue weighted by atomic mass is 10.1. The number of nitro groups is 1. The quantitative estimate of drug-likeness (QED) is 0.484. The Balaban J connectivity index is 3.38. The summed E-state index contributed by atoms with van der Waals surface area (Å²) in [4.78, 5) is 10.3. The molecule has 0 aliphatic heterocycles. The second-order valence-corrected chi connectivity index (χ2v) is 3.49. The smallest absolute Gasteiger partial charge is 0.293 e. The summed E-state index contributed by atoms with van der Waals surface area (Å²) in [6, 6.07) is 1.97. The van der Waals surface area contributed by atoms with Crippen molar-refractivity contribution in [2.24, 2.45) is 0 Å². The van der Waals surface area contributed by atoms with Crippen LogP contribution in [0.4, 0.5) is 15.8 Å². The van der Waals surface area contributed by atoms with Gasteiger partial charge in [-0.25, -0.2) is 4.39 Å². The molecule has 1 aromatic carbocycles. The van der Waals surface area contributed by atoms with Crippen molar-refractivity contribution in [3.8, 4) is 0 Å². The van der Waals surface area contributed by atoms with Crippen LogP contribution in [0.15, 0.2) is 31.4 Å². The van der Waals surface area contributed by atoms with Crippen LogP contribution in [-0.2, 0) is 0 Å². The van der Waals surface area contributed by atoms with Gasteiger partial charge < -0.3 is 5.32 Å². The van der Waals surface area contributed by atoms with Gasteiger partial charge in [0.2, 0.25) is 0 Å². The largest absolute Gasteiger partial charge is 0.373 e. The summed E-state index contributed by atoms with van der Waals surface area (Å²) in [5, 5.41) is 13.7. The number of hydrogen-bond donors (Lipinski definition) is 1. The maximum atomic E-state index is 13.5. The number of anilines is 1. The first-order valence-corrected chi connectivity index (χ1v) is 4.99. The van der Waals surface area contributed by atoms with E-state index >= 15 is 0 Å². The lowest BCUT2D eigenvalue weighted by molar-refractivity contribution is -0.384. The zero-order chi connectivity index (χ0) is 13.0. The molecule has 0 spiro atoms. The number of rotatable bonds is 5. The predicted octanol–water partition coefficient (Wildman–Crippen LogP) is 3.36. The molecule has 1 unspecified atom stereocenters. The van der Waals surface area contributed by atoms with E-state index in [0.717, 1.165) is 12.1 Å². The second-order valence-electron chi connectivity index (χ2n) is 3.49. The van der Waals surface area contributed by atoms with Crippen molar-refractivity contribution >= 4 is 17.5 Å². The molecule has 1 rings (SSSR count). The standard InChI is InChI=1S/C12H13FN2O2/c1-4-8(3)14-12-9(5-2)10(13)6-7-11(12)15(16)17/h4-8,14H,1-2H2,3H3. The minimum absolute atomic E-state index is 0.0906. The minimum atomic E-state index is -0.565. The van der Waals surface area contributed by atoms with E-state index in [2.05, 4.69) is 18.5 Å². The van der Waals surface area contributed by atoms with E-state index in [-0.39, 0.29) is 23.0 Å². The summed E-state index contributed by atoms with van der Waals surface area (Å²) >= 11 is 0. The number of hydrogen-bond acceptors (Lipinski definition) is 3. The summed E-state index contributed by atoms with van der Waals surface area (Å²) < 4.78 is 13.5. The Labute approximate surface area is 98.6 Å². The van der Waals surface area contributed by atoms with Crippen LogP contribution in [0.1, 0.15) is 12.5 Å². The molecule has 90 valence electrons. The minimum Gasteiger partial charge on any atom is -0.373 e. The SMILES string of the molecule is C=Cc1c(F)ccc([N+](=O)[O-])c1NC(C)C=C. The molecule has 0 bridgehead atoms. The predicted molar refractivity (Wildman–Crippen MR) is 66.4 cm³/mol. The highest BCUT2D eigenvalue weighted by molar-refractivity contribution is 5.75. The number of halogens is 1. The van der Waals surface area contributed by atoms with Crippen molar-refractivity contribution < 1.29 is 9.31 Å². The van der Waals surface area contributed by atoms with E-state index in [1.54, 1.807) is 13.0 Å². The third-order valence-electron chi connectivity index (χ3n) is 2.30. The van der Waals surface area contributed by atoms with E-state index in [1.165, 1.54) is 6.08 Å². The first kappa shape index (κ1) is 12.9. The highest BCUT2D eigenvalue weighted by Crippen LogP contribution is 2.31. The van der Waals surface area contributed by atoms with Gasteiger partial charge in [-0.3, -0.25) is 10.1 Å². The van der Waals surface area contributed by atoms with E-state index in [0.29, 0.717) is 0 Å². The molecule has 0 fully saturated rings. The highest BCUT2D eigenvalue weighted by atomic mass is 19.1. The van der Waals surface area contributed by atoms with Gasteiger partial charge in [0.05, 0.1) is 4.92 Å². The Kier molecular flexibility index (Phi) is 3.98. The van der Waals surface area contributed by atoms with Gasteiger partial charge in [-0.05, 0) is 13.0 Å². The van der Waals surface area contributed by atoms with Crippen LogP contribution < -0.4 is 5.32 Å². The number of nitro benzene ring substituents is 1. The normalized spacial score (nSPS) is 11.6. The molecule has 0 heterocycles. The second kappa shape index (κ2) is 5.25. The number of benzene rings is 1. The topological polar surface area (TPSA) is 55.2 Å². The van der Waals surface area contributed by atoms with Gasteiger partial charge >= 0.3 is 0 Å². The summed E-state index contributed by atoms with van der Waals surface area (Å²) in [5.41, 5.74) is 0.0281. The van der Waals surface area contributed by atoms with Crippen molar-refractivity contribution in [3.05, 3.63) is 52.9 Å². The van der Waals surface area contributed by atoms with Gasteiger partial charge in [0.15, 0.2) is 0 Å². The molecule has 1 N–H and O–H groups in total. The van der Waals surface area contributed by atoms with Gasteiger partial charge in [0, 0.05) is 17.7 Å². The van der Waals surface area contributed by atoms with Gasteiger partial charge in [0.25, 0.3) is 5.69 Å². The third-order valence-corrected chi connectivity index (χ3v) is 2.30. The third kappa shape index (κ3) is 2.69. The molecule has 0 saturated carbocycles. The zero-order valence-electron chi connectivity index (χ0n) is 9.44. The molecule has 0 aliphatic carbocycles. The van der Waals surface area contributed by atoms with Gasteiger partial charge in [-0.2, -0.15) is 0 Å². The summed E-state index contributed by atoms with van der Waals surface area (Å²) in [5.74, 6) is -0.552. The van der Waals surface area contributed by atoms with Crippen LogP contribution in [0.25, 0.3) is 6.08 Å². The van der Waals surface area contributed by atoms with E-state index in [9.17, 15) is 14.5 Å². The fourth-order valence-corrected chi connectivity index (χ4v) is 1.37. The molecular formula is C12H13FN2O2. The van der Waals surface area contributed by atoms with E-state index in [1.807, 2.05) is 0 Å². The Morgan fingerprint density at radius 3 is 2.65 bits per heavy atom. The lowest BCUT2D eigenvalue weighted by Gasteiger charge is -2.14. The molecule has 4 nitrogen and oxygen atoms in total. The molecule has 0 aromatic heterocycles. The lowest BCUT2D eigenvalue weighted by Crippen LogP contribution is -2.14. The van der Waals surface area contributed by atoms with Crippen molar-refractivity contribution in [3.63, 3.8) is 0 Å². The molecule has 0 amide bonds. The van der Waals surface area contributed by atoms with Crippen molar-refractivity contribution in [1.29, 1.82) is 0 Å². The Morgan fingerprint density at radius 2 is 2.18 bits per heavy atom. The van der Waals surface area contributed by atoms with Crippen molar-refractivity contribution in [2.45, 2.75) is 13.0 Å². The summed E-state index contributed by atoms with van der Waals surface area (Å²) in [6.45, 7) is 8.77. The van der Waals surface area contributed by atoms with Crippen LogP contribution in [0.5, 0.6) is 0 Å². The molecule has 0 radical (unpaired) electrons. The number of nitrogens with zero attached hydrogens (tertiary/aromatic N) is 1. The van der Waals surface area contributed by atoms with Crippen LogP contribution in [-0.4, -0.2) is 11.0 Å². The molecule has 5 heteroatoms. The van der Waals surface area contributed by atoms with Gasteiger partial charge in [0.1, 0.15) is 11.5 Å². The van der Waals surface area contributed by atoms with E-state index < -0.39 is 10.7 Å². The van der Waals surface area contributed by atoms with Crippen molar-refractivity contribution in [1.82, 2.24) is 0 Å². The fraction of sp³-hybridized carbons (Fsp3) is 0.167. The van der Waals surface area contributed by atoms with Gasteiger partial charge in [-0.15, -0.1) is 6.58 Å². The summed E-state index contributed by atoms with van der Waals surface area (Å²) in [7, 11) is 0. The highest BCUT2D eigenvalue weighted by Gasteiger charge is 2.20. The average molecular weight is 236 g/mol. The monoisotopic (exact) mass is 236 g/mol. The molecule has 0 aliphatic rings. The zero-order valence-corrected chi connectivity index (χ0v) is 9.44. The molecule has 0 saturated heterocycles. The molecule has 1 aromatic rings. The summed E-state index contributed by atoms with van der Waals surface area (Å²) in [6.07, 6.45) is 2.82. The first-order chi connectivity index (χ1) is 8.01. The Morgan fingerprint density at radius 1 is 1.53 bits per heavy atom.